The fourth-order valence-electron chi connectivity index (χ4n) is 1.79. The van der Waals surface area contributed by atoms with Crippen molar-refractivity contribution in [3.63, 3.8) is 0 Å². The summed E-state index contributed by atoms with van der Waals surface area (Å²) in [5, 5.41) is 13.0. The number of carbonyl (C=O) groups is 1. The summed E-state index contributed by atoms with van der Waals surface area (Å²) in [6, 6.07) is 7.21. The van der Waals surface area contributed by atoms with Gasteiger partial charge >= 0.3 is 5.97 Å². The number of aromatic nitrogens is 2. The summed E-state index contributed by atoms with van der Waals surface area (Å²) >= 11 is 0. The molecule has 5 heteroatoms. The van der Waals surface area contributed by atoms with Crippen molar-refractivity contribution in [2.45, 2.75) is 13.8 Å². The maximum atomic E-state index is 10.9. The van der Waals surface area contributed by atoms with E-state index in [-0.39, 0.29) is 5.69 Å². The van der Waals surface area contributed by atoms with Crippen molar-refractivity contribution in [2.24, 2.45) is 0 Å². The summed E-state index contributed by atoms with van der Waals surface area (Å²) in [6.45, 7) is 3.76. The Balaban J connectivity index is 2.60. The van der Waals surface area contributed by atoms with Crippen LogP contribution in [-0.2, 0) is 0 Å². The summed E-state index contributed by atoms with van der Waals surface area (Å²) in [7, 11) is 1.57. The summed E-state index contributed by atoms with van der Waals surface area (Å²) in [6.07, 6.45) is 0. The third-order valence-electron chi connectivity index (χ3n) is 2.67. The van der Waals surface area contributed by atoms with Gasteiger partial charge in [0.1, 0.15) is 11.4 Å². The first-order valence-corrected chi connectivity index (χ1v) is 5.48. The maximum absolute atomic E-state index is 10.9. The van der Waals surface area contributed by atoms with Crippen LogP contribution in [0.5, 0.6) is 5.75 Å². The summed E-state index contributed by atoms with van der Waals surface area (Å²) in [5.41, 5.74) is 2.56. The standard InChI is InChI=1S/C13H14N2O3/c1-8-4-5-12(18-3)11(6-8)15-9(2)7-10(14-15)13(16)17/h4-7H,1-3H3,(H,16,17). The SMILES string of the molecule is COc1ccc(C)cc1-n1nc(C(=O)O)cc1C. The molecule has 0 bridgehead atoms. The first-order valence-electron chi connectivity index (χ1n) is 5.48. The quantitative estimate of drug-likeness (QED) is 0.901. The minimum Gasteiger partial charge on any atom is -0.494 e. The van der Waals surface area contributed by atoms with Gasteiger partial charge in [-0.05, 0) is 37.6 Å². The van der Waals surface area contributed by atoms with Gasteiger partial charge in [-0.3, -0.25) is 0 Å². The number of carboxylic acids is 1. The molecule has 0 saturated heterocycles. The molecule has 5 nitrogen and oxygen atoms in total. The first-order chi connectivity index (χ1) is 8.52. The normalized spacial score (nSPS) is 10.4. The molecule has 0 amide bonds. The molecule has 2 aromatic rings. The summed E-state index contributed by atoms with van der Waals surface area (Å²) < 4.78 is 6.85. The van der Waals surface area contributed by atoms with E-state index in [9.17, 15) is 4.79 Å². The van der Waals surface area contributed by atoms with Crippen molar-refractivity contribution in [1.82, 2.24) is 9.78 Å². The molecule has 0 aliphatic rings. The van der Waals surface area contributed by atoms with Crippen molar-refractivity contribution in [1.29, 1.82) is 0 Å². The Morgan fingerprint density at radius 2 is 2.06 bits per heavy atom. The molecule has 1 N–H and O–H groups in total. The molecule has 1 heterocycles. The lowest BCUT2D eigenvalue weighted by Gasteiger charge is -2.10. The Morgan fingerprint density at radius 1 is 1.33 bits per heavy atom. The number of benzene rings is 1. The molecule has 0 aliphatic heterocycles. The van der Waals surface area contributed by atoms with E-state index in [0.29, 0.717) is 5.75 Å². The highest BCUT2D eigenvalue weighted by Gasteiger charge is 2.14. The molecule has 0 atom stereocenters. The lowest BCUT2D eigenvalue weighted by Crippen LogP contribution is -2.04. The third kappa shape index (κ3) is 2.07. The van der Waals surface area contributed by atoms with Crippen LogP contribution < -0.4 is 4.74 Å². The van der Waals surface area contributed by atoms with E-state index in [1.165, 1.54) is 6.07 Å². The van der Waals surface area contributed by atoms with Crippen LogP contribution in [0, 0.1) is 13.8 Å². The molecule has 0 fully saturated rings. The van der Waals surface area contributed by atoms with E-state index in [1.807, 2.05) is 25.1 Å². The van der Waals surface area contributed by atoms with Gasteiger partial charge in [0.15, 0.2) is 5.69 Å². The molecule has 1 aromatic heterocycles. The number of methoxy groups -OCH3 is 1. The second-order valence-electron chi connectivity index (χ2n) is 4.06. The van der Waals surface area contributed by atoms with Crippen LogP contribution in [0.1, 0.15) is 21.7 Å². The second kappa shape index (κ2) is 4.52. The molecule has 0 unspecified atom stereocenters. The lowest BCUT2D eigenvalue weighted by molar-refractivity contribution is 0.0690. The zero-order valence-electron chi connectivity index (χ0n) is 10.5. The van der Waals surface area contributed by atoms with E-state index < -0.39 is 5.97 Å². The topological polar surface area (TPSA) is 64.4 Å². The number of aromatic carboxylic acids is 1. The zero-order chi connectivity index (χ0) is 13.3. The second-order valence-corrected chi connectivity index (χ2v) is 4.06. The summed E-state index contributed by atoms with van der Waals surface area (Å²) in [5.74, 6) is -0.382. The maximum Gasteiger partial charge on any atom is 0.356 e. The van der Waals surface area contributed by atoms with Crippen molar-refractivity contribution in [3.8, 4) is 11.4 Å². The van der Waals surface area contributed by atoms with E-state index in [2.05, 4.69) is 5.10 Å². The van der Waals surface area contributed by atoms with Crippen LogP contribution in [-0.4, -0.2) is 28.0 Å². The predicted molar refractivity (Wildman–Crippen MR) is 66.5 cm³/mol. The molecular formula is C13H14N2O3. The Labute approximate surface area is 105 Å². The predicted octanol–water partition coefficient (Wildman–Crippen LogP) is 2.20. The van der Waals surface area contributed by atoms with E-state index in [1.54, 1.807) is 18.7 Å². The van der Waals surface area contributed by atoms with E-state index >= 15 is 0 Å². The minimum atomic E-state index is -1.04. The van der Waals surface area contributed by atoms with Crippen molar-refractivity contribution in [2.75, 3.05) is 7.11 Å². The van der Waals surface area contributed by atoms with Gasteiger partial charge in [0.2, 0.25) is 0 Å². The number of nitrogens with zero attached hydrogens (tertiary/aromatic N) is 2. The molecular weight excluding hydrogens is 232 g/mol. The van der Waals surface area contributed by atoms with E-state index in [0.717, 1.165) is 16.9 Å². The Bertz CT molecular complexity index is 602. The zero-order valence-corrected chi connectivity index (χ0v) is 10.5. The van der Waals surface area contributed by atoms with Gasteiger partial charge in [0.25, 0.3) is 0 Å². The fraction of sp³-hybridized carbons (Fsp3) is 0.231. The number of rotatable bonds is 3. The van der Waals surface area contributed by atoms with Crippen LogP contribution in [0.15, 0.2) is 24.3 Å². The number of ether oxygens (including phenoxy) is 1. The van der Waals surface area contributed by atoms with Crippen molar-refractivity contribution >= 4 is 5.97 Å². The van der Waals surface area contributed by atoms with Gasteiger partial charge in [-0.25, -0.2) is 9.48 Å². The molecule has 0 saturated carbocycles. The number of hydrogen-bond donors (Lipinski definition) is 1. The largest absolute Gasteiger partial charge is 0.494 e. The molecule has 1 aromatic carbocycles. The van der Waals surface area contributed by atoms with Gasteiger partial charge in [-0.2, -0.15) is 5.10 Å². The van der Waals surface area contributed by atoms with Crippen molar-refractivity contribution in [3.05, 3.63) is 41.2 Å². The van der Waals surface area contributed by atoms with Crippen LogP contribution in [0.3, 0.4) is 0 Å². The van der Waals surface area contributed by atoms with Crippen LogP contribution >= 0.6 is 0 Å². The average Bonchev–Trinajstić information content (AvgIpc) is 2.71. The highest BCUT2D eigenvalue weighted by molar-refractivity contribution is 5.85. The number of aryl methyl sites for hydroxylation is 2. The third-order valence-corrected chi connectivity index (χ3v) is 2.67. The smallest absolute Gasteiger partial charge is 0.356 e. The molecule has 94 valence electrons. The Kier molecular flexibility index (Phi) is 3.06. The Hall–Kier alpha value is -2.30. The van der Waals surface area contributed by atoms with Crippen LogP contribution in [0.25, 0.3) is 5.69 Å². The molecule has 18 heavy (non-hydrogen) atoms. The molecule has 0 radical (unpaired) electrons. The monoisotopic (exact) mass is 246 g/mol. The number of hydrogen-bond acceptors (Lipinski definition) is 3. The van der Waals surface area contributed by atoms with Gasteiger partial charge in [-0.1, -0.05) is 6.07 Å². The first kappa shape index (κ1) is 12.2. The lowest BCUT2D eigenvalue weighted by atomic mass is 10.2. The molecule has 0 aliphatic carbocycles. The highest BCUT2D eigenvalue weighted by atomic mass is 16.5. The van der Waals surface area contributed by atoms with Gasteiger partial charge in [-0.15, -0.1) is 0 Å². The van der Waals surface area contributed by atoms with Crippen LogP contribution in [0.2, 0.25) is 0 Å². The average molecular weight is 246 g/mol. The Morgan fingerprint density at radius 3 is 2.61 bits per heavy atom. The number of carboxylic acid groups (broad SMARTS) is 1. The van der Waals surface area contributed by atoms with Gasteiger partial charge in [0.05, 0.1) is 7.11 Å². The van der Waals surface area contributed by atoms with E-state index in [4.69, 9.17) is 9.84 Å². The van der Waals surface area contributed by atoms with Crippen LogP contribution in [0.4, 0.5) is 0 Å². The minimum absolute atomic E-state index is 0.0241. The molecule has 0 spiro atoms. The van der Waals surface area contributed by atoms with Crippen molar-refractivity contribution < 1.29 is 14.6 Å². The summed E-state index contributed by atoms with van der Waals surface area (Å²) in [4.78, 5) is 10.9. The highest BCUT2D eigenvalue weighted by Crippen LogP contribution is 2.25. The van der Waals surface area contributed by atoms with Gasteiger partial charge < -0.3 is 9.84 Å². The molecule has 2 rings (SSSR count). The fourth-order valence-corrected chi connectivity index (χ4v) is 1.79. The van der Waals surface area contributed by atoms with Gasteiger partial charge in [0, 0.05) is 5.69 Å².